The van der Waals surface area contributed by atoms with Crippen LogP contribution in [-0.2, 0) is 4.79 Å². The lowest BCUT2D eigenvalue weighted by atomic mass is 10.2. The number of amides is 2. The maximum absolute atomic E-state index is 12.1. The Morgan fingerprint density at radius 1 is 1.32 bits per heavy atom. The molecule has 0 aliphatic heterocycles. The Morgan fingerprint density at radius 3 is 2.53 bits per heavy atom. The summed E-state index contributed by atoms with van der Waals surface area (Å²) in [5, 5.41) is 11.4. The molecule has 0 bridgehead atoms. The molecule has 0 atom stereocenters. The van der Waals surface area contributed by atoms with E-state index >= 15 is 0 Å². The molecule has 1 fully saturated rings. The highest BCUT2D eigenvalue weighted by Crippen LogP contribution is 2.23. The molecular weight excluding hydrogens is 248 g/mol. The van der Waals surface area contributed by atoms with Gasteiger partial charge in [-0.2, -0.15) is 0 Å². The average molecular weight is 264 g/mol. The number of carbonyl (C=O) groups excluding carboxylic acids is 1. The molecule has 2 rings (SSSR count). The number of carboxylic acid groups (broad SMARTS) is 1. The Morgan fingerprint density at radius 2 is 1.95 bits per heavy atom. The van der Waals surface area contributed by atoms with Crippen molar-refractivity contribution in [1.82, 2.24) is 14.9 Å². The van der Waals surface area contributed by atoms with E-state index in [-0.39, 0.29) is 18.5 Å². The second kappa shape index (κ2) is 6.12. The number of nitrogens with zero attached hydrogens (tertiary/aromatic N) is 3. The van der Waals surface area contributed by atoms with E-state index < -0.39 is 12.0 Å². The van der Waals surface area contributed by atoms with Crippen molar-refractivity contribution >= 4 is 17.9 Å². The van der Waals surface area contributed by atoms with E-state index in [1.807, 2.05) is 0 Å². The largest absolute Gasteiger partial charge is 0.480 e. The highest BCUT2D eigenvalue weighted by Gasteiger charge is 2.28. The molecule has 0 saturated heterocycles. The Bertz CT molecular complexity index is 446. The van der Waals surface area contributed by atoms with Crippen LogP contribution in [0.25, 0.3) is 0 Å². The van der Waals surface area contributed by atoms with Crippen LogP contribution in [0.2, 0.25) is 0 Å². The van der Waals surface area contributed by atoms with E-state index in [1.165, 1.54) is 17.3 Å². The fourth-order valence-electron chi connectivity index (χ4n) is 2.26. The lowest BCUT2D eigenvalue weighted by Crippen LogP contribution is -2.44. The van der Waals surface area contributed by atoms with E-state index in [9.17, 15) is 9.59 Å². The average Bonchev–Trinajstić information content (AvgIpc) is 2.90. The predicted octanol–water partition coefficient (Wildman–Crippen LogP) is 1.34. The molecule has 2 N–H and O–H groups in total. The molecule has 1 aliphatic carbocycles. The first-order valence-corrected chi connectivity index (χ1v) is 6.23. The van der Waals surface area contributed by atoms with Crippen LogP contribution in [-0.4, -0.2) is 44.6 Å². The van der Waals surface area contributed by atoms with Crippen LogP contribution >= 0.6 is 0 Å². The maximum atomic E-state index is 12.1. The number of carboxylic acids is 1. The third kappa shape index (κ3) is 3.64. The molecule has 0 spiro atoms. The summed E-state index contributed by atoms with van der Waals surface area (Å²) in [6, 6.07) is 1.17. The lowest BCUT2D eigenvalue weighted by molar-refractivity contribution is -0.138. The number of anilines is 1. The van der Waals surface area contributed by atoms with Gasteiger partial charge in [-0.3, -0.25) is 10.1 Å². The molecule has 0 aromatic carbocycles. The summed E-state index contributed by atoms with van der Waals surface area (Å²) < 4.78 is 0. The second-order valence-electron chi connectivity index (χ2n) is 4.46. The summed E-state index contributed by atoms with van der Waals surface area (Å²) in [6.45, 7) is -0.302. The minimum atomic E-state index is -1.02. The van der Waals surface area contributed by atoms with Crippen molar-refractivity contribution in [2.45, 2.75) is 31.7 Å². The van der Waals surface area contributed by atoms with E-state index in [4.69, 9.17) is 5.11 Å². The van der Waals surface area contributed by atoms with Crippen LogP contribution in [0.5, 0.6) is 0 Å². The Balaban J connectivity index is 2.04. The zero-order valence-electron chi connectivity index (χ0n) is 10.5. The molecule has 1 heterocycles. The molecule has 19 heavy (non-hydrogen) atoms. The van der Waals surface area contributed by atoms with Crippen LogP contribution in [0.15, 0.2) is 18.5 Å². The quantitative estimate of drug-likeness (QED) is 0.855. The topological polar surface area (TPSA) is 95.4 Å². The van der Waals surface area contributed by atoms with Crippen molar-refractivity contribution in [3.05, 3.63) is 18.5 Å². The number of urea groups is 1. The van der Waals surface area contributed by atoms with E-state index in [0.717, 1.165) is 25.7 Å². The monoisotopic (exact) mass is 264 g/mol. The van der Waals surface area contributed by atoms with Gasteiger partial charge in [0.1, 0.15) is 6.54 Å². The van der Waals surface area contributed by atoms with Crippen molar-refractivity contribution in [2.75, 3.05) is 11.9 Å². The van der Waals surface area contributed by atoms with Crippen molar-refractivity contribution in [1.29, 1.82) is 0 Å². The van der Waals surface area contributed by atoms with Crippen molar-refractivity contribution in [3.63, 3.8) is 0 Å². The molecule has 0 radical (unpaired) electrons. The zero-order valence-corrected chi connectivity index (χ0v) is 10.5. The number of aliphatic carboxylic acids is 1. The zero-order chi connectivity index (χ0) is 13.7. The van der Waals surface area contributed by atoms with Gasteiger partial charge in [0.25, 0.3) is 0 Å². The first kappa shape index (κ1) is 13.3. The number of hydrogen-bond acceptors (Lipinski definition) is 4. The summed E-state index contributed by atoms with van der Waals surface area (Å²) in [7, 11) is 0. The third-order valence-electron chi connectivity index (χ3n) is 3.12. The smallest absolute Gasteiger partial charge is 0.325 e. The van der Waals surface area contributed by atoms with Crippen molar-refractivity contribution in [3.8, 4) is 0 Å². The van der Waals surface area contributed by atoms with Crippen LogP contribution in [0, 0.1) is 0 Å². The molecule has 1 aliphatic rings. The maximum Gasteiger partial charge on any atom is 0.325 e. The Hall–Kier alpha value is -2.18. The van der Waals surface area contributed by atoms with E-state index in [1.54, 1.807) is 6.07 Å². The molecule has 1 saturated carbocycles. The summed E-state index contributed by atoms with van der Waals surface area (Å²) in [6.07, 6.45) is 6.76. The normalized spacial score (nSPS) is 15.2. The summed E-state index contributed by atoms with van der Waals surface area (Å²) in [4.78, 5) is 32.1. The van der Waals surface area contributed by atoms with Gasteiger partial charge in [0.15, 0.2) is 0 Å². The molecule has 102 valence electrons. The highest BCUT2D eigenvalue weighted by molar-refractivity contribution is 5.90. The van der Waals surface area contributed by atoms with Gasteiger partial charge in [0.2, 0.25) is 5.95 Å². The molecular formula is C12H16N4O3. The first-order valence-electron chi connectivity index (χ1n) is 6.23. The van der Waals surface area contributed by atoms with Crippen LogP contribution in [0.1, 0.15) is 25.7 Å². The van der Waals surface area contributed by atoms with Gasteiger partial charge in [0.05, 0.1) is 0 Å². The Kier molecular flexibility index (Phi) is 4.27. The van der Waals surface area contributed by atoms with Crippen molar-refractivity contribution in [2.24, 2.45) is 0 Å². The van der Waals surface area contributed by atoms with Crippen LogP contribution < -0.4 is 5.32 Å². The number of rotatable bonds is 4. The summed E-state index contributed by atoms with van der Waals surface area (Å²) >= 11 is 0. The molecule has 1 aromatic heterocycles. The number of carbonyl (C=O) groups is 2. The molecule has 1 aromatic rings. The summed E-state index contributed by atoms with van der Waals surface area (Å²) in [5.74, 6) is -0.836. The van der Waals surface area contributed by atoms with Gasteiger partial charge >= 0.3 is 12.0 Å². The number of hydrogen-bond donors (Lipinski definition) is 2. The number of nitrogens with one attached hydrogen (secondary N) is 1. The molecule has 2 amide bonds. The van der Waals surface area contributed by atoms with Gasteiger partial charge in [-0.15, -0.1) is 0 Å². The van der Waals surface area contributed by atoms with Gasteiger partial charge in [0, 0.05) is 18.4 Å². The third-order valence-corrected chi connectivity index (χ3v) is 3.12. The van der Waals surface area contributed by atoms with Crippen LogP contribution in [0.4, 0.5) is 10.7 Å². The van der Waals surface area contributed by atoms with Gasteiger partial charge in [-0.05, 0) is 18.9 Å². The van der Waals surface area contributed by atoms with Gasteiger partial charge in [-0.25, -0.2) is 14.8 Å². The minimum absolute atomic E-state index is 0.0141. The fraction of sp³-hybridized carbons (Fsp3) is 0.500. The molecule has 7 heteroatoms. The van der Waals surface area contributed by atoms with Crippen LogP contribution in [0.3, 0.4) is 0 Å². The van der Waals surface area contributed by atoms with E-state index in [0.29, 0.717) is 0 Å². The predicted molar refractivity (Wildman–Crippen MR) is 67.6 cm³/mol. The standard InChI is InChI=1S/C12H16N4O3/c17-10(18)8-16(9-4-1-2-5-9)12(19)15-11-13-6-3-7-14-11/h3,6-7,9H,1-2,4-5,8H2,(H,17,18)(H,13,14,15,19). The lowest BCUT2D eigenvalue weighted by Gasteiger charge is -2.26. The first-order chi connectivity index (χ1) is 9.16. The van der Waals surface area contributed by atoms with E-state index in [2.05, 4.69) is 15.3 Å². The van der Waals surface area contributed by atoms with Gasteiger partial charge < -0.3 is 10.0 Å². The fourth-order valence-corrected chi connectivity index (χ4v) is 2.26. The minimum Gasteiger partial charge on any atom is -0.480 e. The molecule has 0 unspecified atom stereocenters. The Labute approximate surface area is 110 Å². The SMILES string of the molecule is O=C(O)CN(C(=O)Nc1ncccn1)C1CCCC1. The number of aromatic nitrogens is 2. The molecule has 7 nitrogen and oxygen atoms in total. The highest BCUT2D eigenvalue weighted by atomic mass is 16.4. The second-order valence-corrected chi connectivity index (χ2v) is 4.46. The van der Waals surface area contributed by atoms with Crippen molar-refractivity contribution < 1.29 is 14.7 Å². The van der Waals surface area contributed by atoms with Gasteiger partial charge in [-0.1, -0.05) is 12.8 Å². The summed E-state index contributed by atoms with van der Waals surface area (Å²) in [5.41, 5.74) is 0.